The third-order valence-corrected chi connectivity index (χ3v) is 7.73. The Kier molecular flexibility index (Phi) is 4.00. The van der Waals surface area contributed by atoms with Crippen LogP contribution in [0.5, 0.6) is 28.7 Å². The van der Waals surface area contributed by atoms with E-state index < -0.39 is 0 Å². The summed E-state index contributed by atoms with van der Waals surface area (Å²) in [6, 6.07) is 20.5. The summed E-state index contributed by atoms with van der Waals surface area (Å²) >= 11 is 0. The molecule has 0 aliphatic carbocycles. The Balaban J connectivity index is 1.45. The number of aromatic amines is 1. The average molecular weight is 485 g/mol. The number of methoxy groups -OCH3 is 1. The minimum absolute atomic E-state index is 0.00513. The van der Waals surface area contributed by atoms with Gasteiger partial charge in [-0.2, -0.15) is 0 Å². The van der Waals surface area contributed by atoms with Crippen LogP contribution in [0.1, 0.15) is 5.56 Å². The Morgan fingerprint density at radius 3 is 2.43 bits per heavy atom. The third kappa shape index (κ3) is 2.68. The molecule has 4 heterocycles. The number of H-pyrrole nitrogens is 1. The van der Waals surface area contributed by atoms with Crippen molar-refractivity contribution in [2.24, 2.45) is 7.05 Å². The van der Waals surface area contributed by atoms with Crippen molar-refractivity contribution in [3.63, 3.8) is 0 Å². The molecule has 0 radical (unpaired) electrons. The lowest BCUT2D eigenvalue weighted by Gasteiger charge is -2.32. The molecule has 8 rings (SSSR count). The lowest BCUT2D eigenvalue weighted by Crippen LogP contribution is -2.57. The number of ether oxygens (including phenoxy) is 3. The maximum atomic E-state index is 6.65. The molecule has 0 fully saturated rings. The van der Waals surface area contributed by atoms with Crippen LogP contribution in [0.15, 0.2) is 77.5 Å². The van der Waals surface area contributed by atoms with Crippen molar-refractivity contribution < 1.29 is 23.2 Å². The predicted octanol–water partition coefficient (Wildman–Crippen LogP) is 4.45. The monoisotopic (exact) mass is 485 g/mol. The van der Waals surface area contributed by atoms with E-state index in [1.54, 1.807) is 7.11 Å². The number of fused-ring (bicyclic) bond motifs is 7. The zero-order chi connectivity index (χ0) is 24.8. The van der Waals surface area contributed by atoms with E-state index in [4.69, 9.17) is 18.6 Å². The molecule has 37 heavy (non-hydrogen) atoms. The summed E-state index contributed by atoms with van der Waals surface area (Å²) in [5.74, 6) is 5.12. The molecule has 0 atom stereocenters. The predicted molar refractivity (Wildman–Crippen MR) is 144 cm³/mol. The Morgan fingerprint density at radius 1 is 0.865 bits per heavy atom. The van der Waals surface area contributed by atoms with Gasteiger partial charge in [0.2, 0.25) is 0 Å². The van der Waals surface area contributed by atoms with Crippen molar-refractivity contribution in [2.75, 3.05) is 7.11 Å². The van der Waals surface area contributed by atoms with Gasteiger partial charge < -0.3 is 18.6 Å². The van der Waals surface area contributed by atoms with Gasteiger partial charge in [-0.15, -0.1) is 0 Å². The first-order chi connectivity index (χ1) is 18.1. The molecule has 1 N–H and O–H groups in total. The van der Waals surface area contributed by atoms with E-state index in [-0.39, 0.29) is 6.71 Å². The van der Waals surface area contributed by atoms with E-state index >= 15 is 0 Å². The van der Waals surface area contributed by atoms with Crippen molar-refractivity contribution >= 4 is 45.0 Å². The first-order valence-corrected chi connectivity index (χ1v) is 12.3. The van der Waals surface area contributed by atoms with Gasteiger partial charge in [-0.1, -0.05) is 24.3 Å². The highest BCUT2D eigenvalue weighted by Gasteiger charge is 2.40. The number of hydrogen-bond acceptors (Lipinski definition) is 4. The van der Waals surface area contributed by atoms with Crippen LogP contribution in [0, 0.1) is 6.92 Å². The third-order valence-electron chi connectivity index (χ3n) is 7.73. The summed E-state index contributed by atoms with van der Waals surface area (Å²) in [6.07, 6.45) is 3.92. The number of aryl methyl sites for hydroxylation is 1. The number of rotatable bonds is 2. The number of benzene rings is 4. The Hall–Kier alpha value is -4.65. The lowest BCUT2D eigenvalue weighted by atomic mass is 9.35. The Bertz CT molecular complexity index is 1920. The molecule has 0 bridgehead atoms. The van der Waals surface area contributed by atoms with Crippen LogP contribution in [0.4, 0.5) is 0 Å². The van der Waals surface area contributed by atoms with E-state index in [0.717, 1.165) is 84.0 Å². The summed E-state index contributed by atoms with van der Waals surface area (Å²) < 4.78 is 27.3. The largest absolute Gasteiger partial charge is 0.496 e. The van der Waals surface area contributed by atoms with Crippen molar-refractivity contribution in [1.82, 2.24) is 4.98 Å². The molecule has 0 saturated carbocycles. The van der Waals surface area contributed by atoms with Crippen LogP contribution in [0.3, 0.4) is 0 Å². The van der Waals surface area contributed by atoms with Crippen LogP contribution < -0.4 is 35.2 Å². The molecule has 6 nitrogen and oxygen atoms in total. The normalized spacial score (nSPS) is 13.1. The molecule has 4 aromatic carbocycles. The molecule has 7 heteroatoms. The Labute approximate surface area is 213 Å². The number of hydrogen-bond donors (Lipinski definition) is 1. The second-order valence-electron chi connectivity index (χ2n) is 9.71. The lowest BCUT2D eigenvalue weighted by molar-refractivity contribution is -0.658. The van der Waals surface area contributed by atoms with Gasteiger partial charge in [0, 0.05) is 21.8 Å². The van der Waals surface area contributed by atoms with Gasteiger partial charge in [-0.05, 0) is 54.2 Å². The van der Waals surface area contributed by atoms with Crippen LogP contribution in [0.2, 0.25) is 0 Å². The SMILES string of the molecule is COc1cc2c(oc3cc4c(cc32)Oc2cccc3c2B4c2ccccc2O3)c(-c2[nH]cc[n+]2C)c1C. The van der Waals surface area contributed by atoms with Crippen molar-refractivity contribution in [2.45, 2.75) is 6.92 Å². The van der Waals surface area contributed by atoms with E-state index in [1.807, 2.05) is 49.8 Å². The molecule has 2 aromatic heterocycles. The standard InChI is InChI=1S/C30H21BN2O4/c1-16-24(34-3)14-18-17-13-26-20(15-25(17)37-29(18)27(16)30-32-11-12-33(30)2)31-19-7-4-5-8-21(19)35-22-9-6-10-23(36-26)28(22)31/h4-15H,1-3H3/p+1. The fraction of sp³-hybridized carbons (Fsp3) is 0.100. The molecule has 0 saturated heterocycles. The van der Waals surface area contributed by atoms with Gasteiger partial charge in [0.25, 0.3) is 12.5 Å². The number of imidazole rings is 1. The smallest absolute Gasteiger partial charge is 0.290 e. The molecule has 178 valence electrons. The molecule has 0 amide bonds. The van der Waals surface area contributed by atoms with E-state index in [1.165, 1.54) is 0 Å². The van der Waals surface area contributed by atoms with Gasteiger partial charge in [-0.3, -0.25) is 0 Å². The first-order valence-electron chi connectivity index (χ1n) is 12.3. The van der Waals surface area contributed by atoms with Gasteiger partial charge in [0.15, 0.2) is 5.58 Å². The number of furan rings is 1. The van der Waals surface area contributed by atoms with Crippen LogP contribution in [-0.4, -0.2) is 18.8 Å². The fourth-order valence-electron chi connectivity index (χ4n) is 6.00. The highest BCUT2D eigenvalue weighted by molar-refractivity contribution is 6.98. The quantitative estimate of drug-likeness (QED) is 0.291. The molecular weight excluding hydrogens is 463 g/mol. The summed E-state index contributed by atoms with van der Waals surface area (Å²) in [6.45, 7) is 2.06. The van der Waals surface area contributed by atoms with Crippen molar-refractivity contribution in [1.29, 1.82) is 0 Å². The maximum absolute atomic E-state index is 6.65. The number of nitrogens with one attached hydrogen (secondary N) is 1. The van der Waals surface area contributed by atoms with Gasteiger partial charge >= 0.3 is 0 Å². The second kappa shape index (κ2) is 7.20. The Morgan fingerprint density at radius 2 is 1.65 bits per heavy atom. The molecule has 0 spiro atoms. The second-order valence-corrected chi connectivity index (χ2v) is 9.71. The summed E-state index contributed by atoms with van der Waals surface area (Å²) in [5.41, 5.74) is 6.88. The highest BCUT2D eigenvalue weighted by atomic mass is 16.5. The first kappa shape index (κ1) is 20.5. The number of nitrogens with zero attached hydrogens (tertiary/aromatic N) is 1. The van der Waals surface area contributed by atoms with E-state index in [0.29, 0.717) is 0 Å². The van der Waals surface area contributed by atoms with Crippen LogP contribution in [0.25, 0.3) is 33.3 Å². The van der Waals surface area contributed by atoms with Crippen molar-refractivity contribution in [3.05, 3.63) is 78.6 Å². The van der Waals surface area contributed by atoms with E-state index in [2.05, 4.69) is 46.8 Å². The average Bonchev–Trinajstić information content (AvgIpc) is 3.49. The van der Waals surface area contributed by atoms with Crippen LogP contribution >= 0.6 is 0 Å². The van der Waals surface area contributed by atoms with Gasteiger partial charge in [-0.25, -0.2) is 9.55 Å². The molecular formula is C30H22BN2O4+. The minimum Gasteiger partial charge on any atom is -0.496 e. The van der Waals surface area contributed by atoms with E-state index in [9.17, 15) is 0 Å². The summed E-state index contributed by atoms with van der Waals surface area (Å²) in [7, 11) is 3.72. The fourth-order valence-corrected chi connectivity index (χ4v) is 6.00. The topological polar surface area (TPSA) is 60.5 Å². The van der Waals surface area contributed by atoms with Gasteiger partial charge in [0.1, 0.15) is 52.3 Å². The molecule has 2 aliphatic heterocycles. The number of aromatic nitrogens is 2. The molecule has 2 aliphatic rings. The zero-order valence-corrected chi connectivity index (χ0v) is 20.6. The maximum Gasteiger partial charge on any atom is 0.290 e. The zero-order valence-electron chi connectivity index (χ0n) is 20.6. The summed E-state index contributed by atoms with van der Waals surface area (Å²) in [5, 5.41) is 1.97. The number of para-hydroxylation sites is 1. The van der Waals surface area contributed by atoms with Gasteiger partial charge in [0.05, 0.1) is 14.2 Å². The van der Waals surface area contributed by atoms with Crippen molar-refractivity contribution in [3.8, 4) is 40.1 Å². The van der Waals surface area contributed by atoms with Crippen LogP contribution in [-0.2, 0) is 7.05 Å². The summed E-state index contributed by atoms with van der Waals surface area (Å²) in [4.78, 5) is 3.37. The molecule has 0 unspecified atom stereocenters. The highest BCUT2D eigenvalue weighted by Crippen LogP contribution is 2.43. The minimum atomic E-state index is -0.00513. The molecule has 6 aromatic rings.